The molecule has 0 saturated carbocycles. The molecule has 0 radical (unpaired) electrons. The molecule has 3 heterocycles. The number of halogens is 1. The van der Waals surface area contributed by atoms with Gasteiger partial charge in [-0.25, -0.2) is 19.2 Å². The number of pyridine rings is 2. The molecule has 0 aliphatic heterocycles. The van der Waals surface area contributed by atoms with Gasteiger partial charge < -0.3 is 10.3 Å². The molecule has 0 aliphatic rings. The number of alkyl halides is 1. The third-order valence-electron chi connectivity index (χ3n) is 3.48. The maximum Gasteiger partial charge on any atom is 0.327 e. The van der Waals surface area contributed by atoms with Gasteiger partial charge in [0.05, 0.1) is 0 Å². The Bertz CT molecular complexity index is 900. The molecule has 3 aromatic rings. The lowest BCUT2D eigenvalue weighted by atomic mass is 10.1. The van der Waals surface area contributed by atoms with E-state index in [4.69, 9.17) is 10.3 Å². The van der Waals surface area contributed by atoms with E-state index in [0.29, 0.717) is 11.6 Å². The van der Waals surface area contributed by atoms with Crippen LogP contribution in [0, 0.1) is 0 Å². The number of nitrogens with one attached hydrogen (secondary N) is 2. The molecular formula is C17H17FN6O2. The molecule has 0 aromatic carbocycles. The molecule has 26 heavy (non-hydrogen) atoms. The monoisotopic (exact) mass is 356 g/mol. The first-order valence-corrected chi connectivity index (χ1v) is 7.73. The van der Waals surface area contributed by atoms with Gasteiger partial charge in [0.25, 0.3) is 0 Å². The van der Waals surface area contributed by atoms with E-state index in [9.17, 15) is 9.18 Å². The van der Waals surface area contributed by atoms with Crippen molar-refractivity contribution in [2.24, 2.45) is 0 Å². The van der Waals surface area contributed by atoms with E-state index in [1.54, 1.807) is 30.6 Å². The Morgan fingerprint density at radius 1 is 1.12 bits per heavy atom. The number of hydrogen-bond acceptors (Lipinski definition) is 6. The Balaban J connectivity index is 1.62. The number of nitrogens with two attached hydrogens (primary N) is 1. The van der Waals surface area contributed by atoms with Crippen LogP contribution < -0.4 is 16.4 Å². The highest BCUT2D eigenvalue weighted by Gasteiger charge is 2.24. The van der Waals surface area contributed by atoms with Crippen molar-refractivity contribution in [2.45, 2.75) is 19.5 Å². The molecule has 3 aromatic heterocycles. The number of carbonyl (C=O) groups excluding carboxylic acids is 1. The second-order valence-electron chi connectivity index (χ2n) is 6.03. The van der Waals surface area contributed by atoms with Gasteiger partial charge in [0.1, 0.15) is 17.3 Å². The summed E-state index contributed by atoms with van der Waals surface area (Å²) in [6.07, 6.45) is 3.24. The number of amides is 2. The van der Waals surface area contributed by atoms with Crippen LogP contribution in [-0.2, 0) is 5.67 Å². The van der Waals surface area contributed by atoms with Gasteiger partial charge in [-0.05, 0) is 38.1 Å². The van der Waals surface area contributed by atoms with Crippen LogP contribution in [0.5, 0.6) is 0 Å². The lowest BCUT2D eigenvalue weighted by Crippen LogP contribution is -2.19. The van der Waals surface area contributed by atoms with Crippen molar-refractivity contribution in [3.05, 3.63) is 48.4 Å². The molecule has 134 valence electrons. The predicted molar refractivity (Wildman–Crippen MR) is 95.2 cm³/mol. The minimum atomic E-state index is -1.66. The van der Waals surface area contributed by atoms with E-state index < -0.39 is 11.7 Å². The SMILES string of the molecule is CC(C)(F)c1cc(NC(=O)Nc2ccc(-c3ccc(N)nc3)cn2)on1. The average molecular weight is 356 g/mol. The Morgan fingerprint density at radius 3 is 2.35 bits per heavy atom. The smallest absolute Gasteiger partial charge is 0.327 e. The van der Waals surface area contributed by atoms with E-state index >= 15 is 0 Å². The fourth-order valence-corrected chi connectivity index (χ4v) is 2.09. The van der Waals surface area contributed by atoms with E-state index in [-0.39, 0.29) is 11.6 Å². The molecule has 0 aliphatic carbocycles. The van der Waals surface area contributed by atoms with Crippen molar-refractivity contribution in [3.8, 4) is 11.1 Å². The summed E-state index contributed by atoms with van der Waals surface area (Å²) < 4.78 is 18.6. The van der Waals surface area contributed by atoms with Gasteiger partial charge in [0.2, 0.25) is 5.88 Å². The van der Waals surface area contributed by atoms with Gasteiger partial charge in [-0.3, -0.25) is 10.6 Å². The van der Waals surface area contributed by atoms with Gasteiger partial charge in [-0.1, -0.05) is 5.16 Å². The first-order valence-electron chi connectivity index (χ1n) is 7.73. The number of anilines is 3. The summed E-state index contributed by atoms with van der Waals surface area (Å²) in [5.74, 6) is 0.802. The summed E-state index contributed by atoms with van der Waals surface area (Å²) in [6, 6.07) is 7.69. The van der Waals surface area contributed by atoms with Gasteiger partial charge in [-0.2, -0.15) is 0 Å². The Kier molecular flexibility index (Phi) is 4.53. The van der Waals surface area contributed by atoms with Crippen molar-refractivity contribution in [2.75, 3.05) is 16.4 Å². The summed E-state index contributed by atoms with van der Waals surface area (Å²) in [4.78, 5) is 20.2. The zero-order valence-corrected chi connectivity index (χ0v) is 14.2. The van der Waals surface area contributed by atoms with Crippen molar-refractivity contribution in [1.29, 1.82) is 0 Å². The Hall–Kier alpha value is -3.49. The van der Waals surface area contributed by atoms with Crippen LogP contribution in [-0.4, -0.2) is 21.2 Å². The molecule has 0 unspecified atom stereocenters. The summed E-state index contributed by atoms with van der Waals surface area (Å²) >= 11 is 0. The number of rotatable bonds is 4. The summed E-state index contributed by atoms with van der Waals surface area (Å²) in [5, 5.41) is 8.55. The highest BCUT2D eigenvalue weighted by atomic mass is 19.1. The maximum atomic E-state index is 13.7. The second kappa shape index (κ2) is 6.79. The molecular weight excluding hydrogens is 339 g/mol. The molecule has 0 atom stereocenters. The largest absolute Gasteiger partial charge is 0.384 e. The van der Waals surface area contributed by atoms with Crippen LogP contribution in [0.4, 0.5) is 26.7 Å². The predicted octanol–water partition coefficient (Wildman–Crippen LogP) is 3.56. The zero-order chi connectivity index (χ0) is 18.7. The quantitative estimate of drug-likeness (QED) is 0.657. The number of nitrogens with zero attached hydrogens (tertiary/aromatic N) is 3. The first-order chi connectivity index (χ1) is 12.3. The molecule has 2 amide bonds. The van der Waals surface area contributed by atoms with Gasteiger partial charge in [0.15, 0.2) is 5.67 Å². The molecule has 4 N–H and O–H groups in total. The molecule has 0 bridgehead atoms. The molecule has 0 spiro atoms. The number of hydrogen-bond donors (Lipinski definition) is 3. The van der Waals surface area contributed by atoms with Crippen molar-refractivity contribution >= 4 is 23.6 Å². The summed E-state index contributed by atoms with van der Waals surface area (Å²) in [5.41, 5.74) is 5.67. The normalized spacial score (nSPS) is 11.2. The maximum absolute atomic E-state index is 13.7. The summed E-state index contributed by atoms with van der Waals surface area (Å²) in [7, 11) is 0. The molecule has 3 rings (SSSR count). The third-order valence-corrected chi connectivity index (χ3v) is 3.48. The molecule has 0 saturated heterocycles. The lowest BCUT2D eigenvalue weighted by molar-refractivity contribution is 0.205. The third kappa shape index (κ3) is 4.12. The first kappa shape index (κ1) is 17.3. The Labute approximate surface area is 148 Å². The molecule has 8 nitrogen and oxygen atoms in total. The molecule has 9 heteroatoms. The minimum absolute atomic E-state index is 0.0350. The lowest BCUT2D eigenvalue weighted by Gasteiger charge is -2.07. The van der Waals surface area contributed by atoms with Crippen LogP contribution in [0.25, 0.3) is 11.1 Å². The van der Waals surface area contributed by atoms with Crippen molar-refractivity contribution in [3.63, 3.8) is 0 Å². The topological polar surface area (TPSA) is 119 Å². The Morgan fingerprint density at radius 2 is 1.81 bits per heavy atom. The number of urea groups is 1. The number of carbonyl (C=O) groups is 1. The highest BCUT2D eigenvalue weighted by molar-refractivity contribution is 5.98. The fourth-order valence-electron chi connectivity index (χ4n) is 2.09. The van der Waals surface area contributed by atoms with E-state index in [1.807, 2.05) is 6.07 Å². The van der Waals surface area contributed by atoms with E-state index in [1.165, 1.54) is 19.9 Å². The highest BCUT2D eigenvalue weighted by Crippen LogP contribution is 2.25. The van der Waals surface area contributed by atoms with E-state index in [2.05, 4.69) is 25.8 Å². The van der Waals surface area contributed by atoms with Crippen LogP contribution in [0.3, 0.4) is 0 Å². The zero-order valence-electron chi connectivity index (χ0n) is 14.2. The minimum Gasteiger partial charge on any atom is -0.384 e. The van der Waals surface area contributed by atoms with Crippen LogP contribution in [0.15, 0.2) is 47.2 Å². The van der Waals surface area contributed by atoms with Gasteiger partial charge in [0, 0.05) is 29.6 Å². The standard InChI is InChI=1S/C17H17FN6O2/c1-17(2,18)12-7-15(26-24-12)23-16(25)22-14-6-4-11(9-21-14)10-3-5-13(19)20-8-10/h3-9H,1-2H3,(H2,19,20)(H2,21,22,23,25). The van der Waals surface area contributed by atoms with Gasteiger partial charge >= 0.3 is 6.03 Å². The van der Waals surface area contributed by atoms with Gasteiger partial charge in [-0.15, -0.1) is 0 Å². The van der Waals surface area contributed by atoms with Crippen LogP contribution in [0.2, 0.25) is 0 Å². The van der Waals surface area contributed by atoms with E-state index in [0.717, 1.165) is 11.1 Å². The molecule has 0 fully saturated rings. The van der Waals surface area contributed by atoms with Crippen molar-refractivity contribution < 1.29 is 13.7 Å². The number of nitrogen functional groups attached to an aromatic ring is 1. The van der Waals surface area contributed by atoms with Crippen LogP contribution in [0.1, 0.15) is 19.5 Å². The van der Waals surface area contributed by atoms with Crippen molar-refractivity contribution in [1.82, 2.24) is 15.1 Å². The second-order valence-corrected chi connectivity index (χ2v) is 6.03. The number of aromatic nitrogens is 3. The van der Waals surface area contributed by atoms with Crippen LogP contribution >= 0.6 is 0 Å². The average Bonchev–Trinajstić information content (AvgIpc) is 3.05. The summed E-state index contributed by atoms with van der Waals surface area (Å²) in [6.45, 7) is 2.69. The fraction of sp³-hybridized carbons (Fsp3) is 0.176.